The number of benzene rings is 1. The molecule has 0 saturated heterocycles. The van der Waals surface area contributed by atoms with Crippen LogP contribution in [0.3, 0.4) is 0 Å². The monoisotopic (exact) mass is 335 g/mol. The molecule has 24 heavy (non-hydrogen) atoms. The highest BCUT2D eigenvalue weighted by Crippen LogP contribution is 2.22. The fourth-order valence-corrected chi connectivity index (χ4v) is 2.70. The molecule has 0 fully saturated rings. The van der Waals surface area contributed by atoms with Gasteiger partial charge in [-0.2, -0.15) is 0 Å². The fourth-order valence-electron chi connectivity index (χ4n) is 2.70. The third-order valence-corrected chi connectivity index (χ3v) is 3.83. The van der Waals surface area contributed by atoms with Crippen molar-refractivity contribution in [2.45, 2.75) is 39.4 Å². The first-order valence-electron chi connectivity index (χ1n) is 7.88. The molecule has 7 heteroatoms. The van der Waals surface area contributed by atoms with Gasteiger partial charge in [0.05, 0.1) is 5.69 Å². The van der Waals surface area contributed by atoms with Crippen LogP contribution in [0.1, 0.15) is 41.6 Å². The van der Waals surface area contributed by atoms with Gasteiger partial charge < -0.3 is 9.73 Å². The Morgan fingerprint density at radius 3 is 2.92 bits per heavy atom. The maximum Gasteiger partial charge on any atom is 0.307 e. The molecule has 0 aliphatic carbocycles. The SMILES string of the molecule is CC(C)NC(=O)c1nc2c(o1)CCN(Cc1ccc(F)cc1F)C2. The Balaban J connectivity index is 1.70. The summed E-state index contributed by atoms with van der Waals surface area (Å²) in [4.78, 5) is 18.2. The molecule has 2 aromatic rings. The molecule has 0 spiro atoms. The summed E-state index contributed by atoms with van der Waals surface area (Å²) >= 11 is 0. The van der Waals surface area contributed by atoms with Gasteiger partial charge >= 0.3 is 5.91 Å². The van der Waals surface area contributed by atoms with Crippen LogP contribution < -0.4 is 5.32 Å². The van der Waals surface area contributed by atoms with E-state index in [9.17, 15) is 13.6 Å². The number of carbonyl (C=O) groups excluding carboxylic acids is 1. The lowest BCUT2D eigenvalue weighted by molar-refractivity contribution is 0.0906. The van der Waals surface area contributed by atoms with Crippen molar-refractivity contribution in [3.63, 3.8) is 0 Å². The molecule has 0 atom stereocenters. The van der Waals surface area contributed by atoms with Gasteiger partial charge in [-0.1, -0.05) is 6.07 Å². The van der Waals surface area contributed by atoms with E-state index in [1.807, 2.05) is 18.7 Å². The number of rotatable bonds is 4. The zero-order valence-corrected chi connectivity index (χ0v) is 13.6. The Kier molecular flexibility index (Phi) is 4.62. The van der Waals surface area contributed by atoms with Gasteiger partial charge in [0.1, 0.15) is 17.4 Å². The maximum atomic E-state index is 13.8. The van der Waals surface area contributed by atoms with Gasteiger partial charge in [-0.3, -0.25) is 9.69 Å². The Labute approximate surface area is 138 Å². The summed E-state index contributed by atoms with van der Waals surface area (Å²) in [6.07, 6.45) is 0.597. The van der Waals surface area contributed by atoms with Crippen molar-refractivity contribution < 1.29 is 18.0 Å². The van der Waals surface area contributed by atoms with E-state index in [1.54, 1.807) is 0 Å². The molecule has 1 aliphatic rings. The van der Waals surface area contributed by atoms with Crippen LogP contribution in [0.5, 0.6) is 0 Å². The van der Waals surface area contributed by atoms with Crippen LogP contribution in [-0.4, -0.2) is 28.4 Å². The minimum Gasteiger partial charge on any atom is -0.437 e. The van der Waals surface area contributed by atoms with Crippen LogP contribution >= 0.6 is 0 Å². The van der Waals surface area contributed by atoms with Gasteiger partial charge in [0.15, 0.2) is 0 Å². The van der Waals surface area contributed by atoms with E-state index >= 15 is 0 Å². The standard InChI is InChI=1S/C17H19F2N3O2/c1-10(2)20-16(23)17-21-14-9-22(6-5-15(14)24-17)8-11-3-4-12(18)7-13(11)19/h3-4,7,10H,5-6,8-9H2,1-2H3,(H,20,23). The Hall–Kier alpha value is -2.28. The average Bonchev–Trinajstić information content (AvgIpc) is 2.93. The lowest BCUT2D eigenvalue weighted by atomic mass is 10.1. The smallest absolute Gasteiger partial charge is 0.307 e. The van der Waals surface area contributed by atoms with Gasteiger partial charge in [-0.05, 0) is 19.9 Å². The number of hydrogen-bond acceptors (Lipinski definition) is 4. The summed E-state index contributed by atoms with van der Waals surface area (Å²) in [5, 5.41) is 2.74. The number of nitrogens with zero attached hydrogens (tertiary/aromatic N) is 2. The van der Waals surface area contributed by atoms with Crippen LogP contribution in [0, 0.1) is 11.6 Å². The molecule has 1 amide bonds. The molecular formula is C17H19F2N3O2. The number of nitrogens with one attached hydrogen (secondary N) is 1. The van der Waals surface area contributed by atoms with E-state index in [0.29, 0.717) is 43.1 Å². The number of amides is 1. The van der Waals surface area contributed by atoms with E-state index < -0.39 is 11.6 Å². The van der Waals surface area contributed by atoms with E-state index in [4.69, 9.17) is 4.42 Å². The van der Waals surface area contributed by atoms with Crippen LogP contribution in [0.15, 0.2) is 22.6 Å². The van der Waals surface area contributed by atoms with E-state index in [1.165, 1.54) is 12.1 Å². The molecule has 0 saturated carbocycles. The molecule has 1 aromatic heterocycles. The molecule has 0 radical (unpaired) electrons. The first kappa shape index (κ1) is 16.6. The molecule has 1 aliphatic heterocycles. The quantitative estimate of drug-likeness (QED) is 0.933. The highest BCUT2D eigenvalue weighted by atomic mass is 19.1. The Bertz CT molecular complexity index is 758. The second-order valence-electron chi connectivity index (χ2n) is 6.21. The summed E-state index contributed by atoms with van der Waals surface area (Å²) < 4.78 is 32.3. The lowest BCUT2D eigenvalue weighted by Gasteiger charge is -2.25. The Morgan fingerprint density at radius 1 is 1.42 bits per heavy atom. The third kappa shape index (κ3) is 3.62. The normalized spacial score (nSPS) is 14.7. The number of hydrogen-bond donors (Lipinski definition) is 1. The summed E-state index contributed by atoms with van der Waals surface area (Å²) in [5.41, 5.74) is 1.12. The molecule has 5 nitrogen and oxygen atoms in total. The van der Waals surface area contributed by atoms with Crippen LogP contribution in [0.2, 0.25) is 0 Å². The maximum absolute atomic E-state index is 13.8. The number of halogens is 2. The van der Waals surface area contributed by atoms with Crippen molar-refractivity contribution in [2.24, 2.45) is 0 Å². The van der Waals surface area contributed by atoms with Crippen LogP contribution in [-0.2, 0) is 19.5 Å². The summed E-state index contributed by atoms with van der Waals surface area (Å²) in [5.74, 6) is -0.730. The topological polar surface area (TPSA) is 58.4 Å². The highest BCUT2D eigenvalue weighted by Gasteiger charge is 2.25. The summed E-state index contributed by atoms with van der Waals surface area (Å²) in [6, 6.07) is 3.58. The van der Waals surface area contributed by atoms with Crippen molar-refractivity contribution in [3.8, 4) is 0 Å². The number of carbonyl (C=O) groups is 1. The average molecular weight is 335 g/mol. The molecule has 128 valence electrons. The van der Waals surface area contributed by atoms with Gasteiger partial charge in [0, 0.05) is 43.7 Å². The van der Waals surface area contributed by atoms with Crippen molar-refractivity contribution in [2.75, 3.05) is 6.54 Å². The summed E-state index contributed by atoms with van der Waals surface area (Å²) in [6.45, 7) is 5.19. The minimum absolute atomic E-state index is 0.000576. The Morgan fingerprint density at radius 2 is 2.21 bits per heavy atom. The first-order chi connectivity index (χ1) is 11.4. The molecular weight excluding hydrogens is 316 g/mol. The first-order valence-corrected chi connectivity index (χ1v) is 7.88. The molecule has 3 rings (SSSR count). The van der Waals surface area contributed by atoms with E-state index in [2.05, 4.69) is 10.3 Å². The zero-order chi connectivity index (χ0) is 17.3. The second kappa shape index (κ2) is 6.68. The van der Waals surface area contributed by atoms with E-state index in [0.717, 1.165) is 6.07 Å². The number of oxazole rings is 1. The second-order valence-corrected chi connectivity index (χ2v) is 6.21. The number of fused-ring (bicyclic) bond motifs is 1. The number of aromatic nitrogens is 1. The lowest BCUT2D eigenvalue weighted by Crippen LogP contribution is -2.30. The minimum atomic E-state index is -0.588. The van der Waals surface area contributed by atoms with Gasteiger partial charge in [-0.15, -0.1) is 0 Å². The third-order valence-electron chi connectivity index (χ3n) is 3.83. The zero-order valence-electron chi connectivity index (χ0n) is 13.6. The van der Waals surface area contributed by atoms with Crippen molar-refractivity contribution in [1.82, 2.24) is 15.2 Å². The fraction of sp³-hybridized carbons (Fsp3) is 0.412. The summed E-state index contributed by atoms with van der Waals surface area (Å²) in [7, 11) is 0. The van der Waals surface area contributed by atoms with Crippen molar-refractivity contribution in [1.29, 1.82) is 0 Å². The predicted molar refractivity (Wildman–Crippen MR) is 83.3 cm³/mol. The van der Waals surface area contributed by atoms with Crippen LogP contribution in [0.25, 0.3) is 0 Å². The van der Waals surface area contributed by atoms with Gasteiger partial charge in [-0.25, -0.2) is 13.8 Å². The molecule has 0 bridgehead atoms. The largest absolute Gasteiger partial charge is 0.437 e. The van der Waals surface area contributed by atoms with Crippen molar-refractivity contribution >= 4 is 5.91 Å². The van der Waals surface area contributed by atoms with Gasteiger partial charge in [0.25, 0.3) is 5.89 Å². The predicted octanol–water partition coefficient (Wildman–Crippen LogP) is 2.65. The molecule has 0 unspecified atom stereocenters. The molecule has 1 N–H and O–H groups in total. The molecule has 2 heterocycles. The van der Waals surface area contributed by atoms with Crippen LogP contribution in [0.4, 0.5) is 8.78 Å². The van der Waals surface area contributed by atoms with E-state index in [-0.39, 0.29) is 17.8 Å². The van der Waals surface area contributed by atoms with Crippen molar-refractivity contribution in [3.05, 3.63) is 52.7 Å². The molecule has 1 aromatic carbocycles. The highest BCUT2D eigenvalue weighted by molar-refractivity contribution is 5.89. The van der Waals surface area contributed by atoms with Gasteiger partial charge in [0.2, 0.25) is 0 Å².